The standard InChI is InChI=1S/C34H40N4O4/c1-5-11-23(3)25-17-18-30(29(20-25)24(4)12-6-2)42-22-32(39)35-27-14-10-13-26(19-27)34(41)36-31-21-33(40)38(37-31)28-15-8-7-9-16-28/h7-10,13-21,23-24,37H,5-6,11-12,22H2,1-4H3,(H,35,39)(H,36,41). The van der Waals surface area contributed by atoms with E-state index in [0.29, 0.717) is 28.8 Å². The largest absolute Gasteiger partial charge is 0.483 e. The van der Waals surface area contributed by atoms with Crippen molar-refractivity contribution in [2.24, 2.45) is 0 Å². The second-order valence-electron chi connectivity index (χ2n) is 10.7. The fraction of sp³-hybridized carbons (Fsp3) is 0.324. The average molecular weight is 569 g/mol. The van der Waals surface area contributed by atoms with Gasteiger partial charge in [-0.15, -0.1) is 0 Å². The molecule has 1 aromatic heterocycles. The van der Waals surface area contributed by atoms with E-state index in [-0.39, 0.29) is 23.9 Å². The molecule has 0 fully saturated rings. The van der Waals surface area contributed by atoms with Gasteiger partial charge in [-0.25, -0.2) is 4.68 Å². The fourth-order valence-corrected chi connectivity index (χ4v) is 5.08. The van der Waals surface area contributed by atoms with Crippen molar-refractivity contribution in [3.8, 4) is 11.4 Å². The molecule has 2 unspecified atom stereocenters. The van der Waals surface area contributed by atoms with Gasteiger partial charge in [0.15, 0.2) is 6.61 Å². The monoisotopic (exact) mass is 568 g/mol. The smallest absolute Gasteiger partial charge is 0.273 e. The van der Waals surface area contributed by atoms with Crippen LogP contribution in [0.3, 0.4) is 0 Å². The summed E-state index contributed by atoms with van der Waals surface area (Å²) in [6.07, 6.45) is 4.35. The SMILES string of the molecule is CCCC(C)c1ccc(OCC(=O)Nc2cccc(C(=O)Nc3cc(=O)n(-c4ccccc4)[nH]3)c2)c(C(C)CCC)c1. The number of rotatable bonds is 13. The van der Waals surface area contributed by atoms with Gasteiger partial charge in [0.1, 0.15) is 11.6 Å². The highest BCUT2D eigenvalue weighted by atomic mass is 16.5. The predicted octanol–water partition coefficient (Wildman–Crippen LogP) is 7.24. The first-order valence-corrected chi connectivity index (χ1v) is 14.6. The third kappa shape index (κ3) is 7.78. The van der Waals surface area contributed by atoms with Crippen molar-refractivity contribution < 1.29 is 14.3 Å². The molecule has 8 nitrogen and oxygen atoms in total. The Morgan fingerprint density at radius 1 is 0.857 bits per heavy atom. The van der Waals surface area contributed by atoms with Crippen LogP contribution in [0.5, 0.6) is 5.75 Å². The molecule has 3 N–H and O–H groups in total. The van der Waals surface area contributed by atoms with Crippen molar-refractivity contribution in [3.63, 3.8) is 0 Å². The molecule has 0 bridgehead atoms. The molecule has 8 heteroatoms. The van der Waals surface area contributed by atoms with Crippen molar-refractivity contribution in [2.45, 2.75) is 65.2 Å². The van der Waals surface area contributed by atoms with Gasteiger partial charge >= 0.3 is 0 Å². The number of aromatic nitrogens is 2. The summed E-state index contributed by atoms with van der Waals surface area (Å²) in [5.41, 5.74) is 3.58. The van der Waals surface area contributed by atoms with Crippen LogP contribution < -0.4 is 20.9 Å². The normalized spacial score (nSPS) is 12.4. The van der Waals surface area contributed by atoms with E-state index in [0.717, 1.165) is 37.0 Å². The highest BCUT2D eigenvalue weighted by molar-refractivity contribution is 6.05. The lowest BCUT2D eigenvalue weighted by atomic mass is 9.89. The lowest BCUT2D eigenvalue weighted by Crippen LogP contribution is -2.21. The number of para-hydroxylation sites is 1. The summed E-state index contributed by atoms with van der Waals surface area (Å²) in [5, 5.41) is 8.43. The first-order valence-electron chi connectivity index (χ1n) is 14.6. The van der Waals surface area contributed by atoms with Crippen LogP contribution in [0.15, 0.2) is 83.7 Å². The summed E-state index contributed by atoms with van der Waals surface area (Å²) in [7, 11) is 0. The Hall–Kier alpha value is -4.59. The number of aromatic amines is 1. The maximum Gasteiger partial charge on any atom is 0.273 e. The van der Waals surface area contributed by atoms with Gasteiger partial charge in [-0.05, 0) is 72.2 Å². The van der Waals surface area contributed by atoms with Crippen LogP contribution in [-0.4, -0.2) is 28.2 Å². The van der Waals surface area contributed by atoms with E-state index in [9.17, 15) is 14.4 Å². The lowest BCUT2D eigenvalue weighted by Gasteiger charge is -2.20. The van der Waals surface area contributed by atoms with Crippen LogP contribution in [0.4, 0.5) is 11.5 Å². The van der Waals surface area contributed by atoms with E-state index in [1.54, 1.807) is 36.4 Å². The highest BCUT2D eigenvalue weighted by Gasteiger charge is 2.17. The van der Waals surface area contributed by atoms with Crippen LogP contribution >= 0.6 is 0 Å². The summed E-state index contributed by atoms with van der Waals surface area (Å²) in [6, 6.07) is 23.3. The minimum atomic E-state index is -0.421. The third-order valence-electron chi connectivity index (χ3n) is 7.33. The van der Waals surface area contributed by atoms with Crippen molar-refractivity contribution in [1.29, 1.82) is 0 Å². The number of amides is 2. The molecule has 0 radical (unpaired) electrons. The number of nitrogens with one attached hydrogen (secondary N) is 3. The molecule has 3 aromatic carbocycles. The Kier molecular flexibility index (Phi) is 10.4. The third-order valence-corrected chi connectivity index (χ3v) is 7.33. The van der Waals surface area contributed by atoms with Crippen molar-refractivity contribution >= 4 is 23.3 Å². The molecule has 42 heavy (non-hydrogen) atoms. The van der Waals surface area contributed by atoms with E-state index < -0.39 is 5.91 Å². The Morgan fingerprint density at radius 2 is 1.60 bits per heavy atom. The zero-order valence-electron chi connectivity index (χ0n) is 24.8. The number of carbonyl (C=O) groups excluding carboxylic acids is 2. The lowest BCUT2D eigenvalue weighted by molar-refractivity contribution is -0.118. The minimum absolute atomic E-state index is 0.152. The second kappa shape index (κ2) is 14.3. The first kappa shape index (κ1) is 30.4. The Labute approximate surface area is 247 Å². The minimum Gasteiger partial charge on any atom is -0.483 e. The molecule has 0 saturated heterocycles. The van der Waals surface area contributed by atoms with Crippen LogP contribution in [0, 0.1) is 0 Å². The molecule has 1 heterocycles. The maximum absolute atomic E-state index is 12.9. The molecule has 4 rings (SSSR count). The summed E-state index contributed by atoms with van der Waals surface area (Å²) in [4.78, 5) is 38.1. The summed E-state index contributed by atoms with van der Waals surface area (Å²) >= 11 is 0. The Bertz CT molecular complexity index is 1560. The van der Waals surface area contributed by atoms with Gasteiger partial charge < -0.3 is 15.4 Å². The average Bonchev–Trinajstić information content (AvgIpc) is 3.36. The number of hydrogen-bond acceptors (Lipinski definition) is 4. The molecule has 2 atom stereocenters. The molecular formula is C34H40N4O4. The quantitative estimate of drug-likeness (QED) is 0.158. The maximum atomic E-state index is 12.9. The molecule has 4 aromatic rings. The van der Waals surface area contributed by atoms with Gasteiger partial charge in [0.05, 0.1) is 5.69 Å². The molecule has 0 spiro atoms. The first-order chi connectivity index (χ1) is 20.3. The van der Waals surface area contributed by atoms with Crippen molar-refractivity contribution in [2.75, 3.05) is 17.2 Å². The summed E-state index contributed by atoms with van der Waals surface area (Å²) in [5.74, 6) is 1.03. The molecule has 0 aliphatic rings. The topological polar surface area (TPSA) is 105 Å². The number of anilines is 2. The van der Waals surface area contributed by atoms with Gasteiger partial charge in [0.25, 0.3) is 17.4 Å². The van der Waals surface area contributed by atoms with Crippen LogP contribution in [-0.2, 0) is 4.79 Å². The van der Waals surface area contributed by atoms with E-state index in [2.05, 4.69) is 55.6 Å². The molecule has 2 amide bonds. The van der Waals surface area contributed by atoms with Crippen LogP contribution in [0.1, 0.15) is 86.7 Å². The highest BCUT2D eigenvalue weighted by Crippen LogP contribution is 2.34. The summed E-state index contributed by atoms with van der Waals surface area (Å²) < 4.78 is 7.36. The van der Waals surface area contributed by atoms with Crippen LogP contribution in [0.25, 0.3) is 5.69 Å². The van der Waals surface area contributed by atoms with E-state index in [1.807, 2.05) is 24.3 Å². The fourth-order valence-electron chi connectivity index (χ4n) is 5.08. The van der Waals surface area contributed by atoms with E-state index in [4.69, 9.17) is 4.74 Å². The zero-order valence-corrected chi connectivity index (χ0v) is 24.8. The van der Waals surface area contributed by atoms with Crippen molar-refractivity contribution in [1.82, 2.24) is 9.78 Å². The summed E-state index contributed by atoms with van der Waals surface area (Å²) in [6.45, 7) is 8.66. The number of ether oxygens (including phenoxy) is 1. The number of nitrogens with zero attached hydrogens (tertiary/aromatic N) is 1. The van der Waals surface area contributed by atoms with Gasteiger partial charge in [-0.1, -0.05) is 76.9 Å². The van der Waals surface area contributed by atoms with E-state index >= 15 is 0 Å². The zero-order chi connectivity index (χ0) is 30.1. The Morgan fingerprint density at radius 3 is 2.33 bits per heavy atom. The second-order valence-corrected chi connectivity index (χ2v) is 10.7. The molecule has 0 aliphatic carbocycles. The molecule has 0 saturated carbocycles. The molecule has 220 valence electrons. The number of carbonyl (C=O) groups is 2. The molecule has 0 aliphatic heterocycles. The van der Waals surface area contributed by atoms with Gasteiger partial charge in [-0.3, -0.25) is 19.5 Å². The number of hydrogen-bond donors (Lipinski definition) is 3. The van der Waals surface area contributed by atoms with Crippen molar-refractivity contribution in [3.05, 3.63) is 106 Å². The molecular weight excluding hydrogens is 528 g/mol. The predicted molar refractivity (Wildman–Crippen MR) is 168 cm³/mol. The van der Waals surface area contributed by atoms with Gasteiger partial charge in [-0.2, -0.15) is 0 Å². The number of H-pyrrole nitrogens is 1. The van der Waals surface area contributed by atoms with Crippen LogP contribution in [0.2, 0.25) is 0 Å². The number of benzene rings is 3. The van der Waals surface area contributed by atoms with Gasteiger partial charge in [0, 0.05) is 17.3 Å². The van der Waals surface area contributed by atoms with Gasteiger partial charge in [0.2, 0.25) is 0 Å². The van der Waals surface area contributed by atoms with E-state index in [1.165, 1.54) is 16.3 Å². The Balaban J connectivity index is 1.39.